The van der Waals surface area contributed by atoms with E-state index in [0.717, 1.165) is 5.56 Å². The van der Waals surface area contributed by atoms with Crippen LogP contribution in [-0.4, -0.2) is 29.0 Å². The molecule has 4 aromatic rings. The molecule has 1 amide bonds. The van der Waals surface area contributed by atoms with Crippen LogP contribution < -0.4 is 9.64 Å². The first-order valence-electron chi connectivity index (χ1n) is 10.6. The first-order chi connectivity index (χ1) is 16.4. The SMILES string of the molecule is COc1cccc2cc(C(=O)C3=C(O)C(=O)N(c4ccccc4C)C3c3cccc(O)c3)oc12. The first-order valence-corrected chi connectivity index (χ1v) is 10.6. The van der Waals surface area contributed by atoms with E-state index in [1.165, 1.54) is 24.1 Å². The third-order valence-corrected chi connectivity index (χ3v) is 5.97. The minimum Gasteiger partial charge on any atom is -0.508 e. The molecular formula is C27H21NO6. The van der Waals surface area contributed by atoms with Gasteiger partial charge in [-0.15, -0.1) is 0 Å². The molecule has 2 heterocycles. The molecule has 1 atom stereocenters. The van der Waals surface area contributed by atoms with E-state index < -0.39 is 23.5 Å². The smallest absolute Gasteiger partial charge is 0.294 e. The van der Waals surface area contributed by atoms with Crippen LogP contribution in [0.3, 0.4) is 0 Å². The number of aryl methyl sites for hydroxylation is 1. The zero-order chi connectivity index (χ0) is 24.0. The zero-order valence-electron chi connectivity index (χ0n) is 18.5. The van der Waals surface area contributed by atoms with Crippen molar-refractivity contribution in [1.82, 2.24) is 0 Å². The Morgan fingerprint density at radius 3 is 2.50 bits per heavy atom. The van der Waals surface area contributed by atoms with E-state index in [1.54, 1.807) is 48.5 Å². The first kappa shape index (κ1) is 21.3. The van der Waals surface area contributed by atoms with Crippen LogP contribution >= 0.6 is 0 Å². The number of carbonyl (C=O) groups excluding carboxylic acids is 2. The number of phenols is 1. The number of carbonyl (C=O) groups is 2. The van der Waals surface area contributed by atoms with Crippen molar-refractivity contribution in [3.63, 3.8) is 0 Å². The molecule has 0 saturated heterocycles. The van der Waals surface area contributed by atoms with E-state index in [1.807, 2.05) is 19.1 Å². The topological polar surface area (TPSA) is 100 Å². The van der Waals surface area contributed by atoms with Crippen LogP contribution in [-0.2, 0) is 4.79 Å². The standard InChI is InChI=1S/C27H21NO6/c1-15-7-3-4-11-19(15)28-23(16-8-5-10-18(29)13-16)22(25(31)27(28)32)24(30)21-14-17-9-6-12-20(33-2)26(17)34-21/h3-14,23,29,31H,1-2H3. The maximum absolute atomic E-state index is 13.7. The lowest BCUT2D eigenvalue weighted by Gasteiger charge is -2.28. The monoisotopic (exact) mass is 455 g/mol. The van der Waals surface area contributed by atoms with Crippen LogP contribution in [0.1, 0.15) is 27.7 Å². The van der Waals surface area contributed by atoms with E-state index >= 15 is 0 Å². The molecule has 1 aliphatic rings. The molecule has 0 fully saturated rings. The number of furan rings is 1. The lowest BCUT2D eigenvalue weighted by molar-refractivity contribution is -0.117. The van der Waals surface area contributed by atoms with E-state index in [2.05, 4.69) is 0 Å². The molecular weight excluding hydrogens is 434 g/mol. The number of amides is 1. The third kappa shape index (κ3) is 3.29. The van der Waals surface area contributed by atoms with E-state index in [0.29, 0.717) is 28.0 Å². The quantitative estimate of drug-likeness (QED) is 0.399. The van der Waals surface area contributed by atoms with Crippen LogP contribution in [0.15, 0.2) is 88.5 Å². The predicted molar refractivity (Wildman–Crippen MR) is 126 cm³/mol. The number of ether oxygens (including phenoxy) is 1. The number of benzene rings is 3. The summed E-state index contributed by atoms with van der Waals surface area (Å²) in [6.45, 7) is 1.84. The van der Waals surface area contributed by atoms with Crippen LogP contribution in [0, 0.1) is 6.92 Å². The van der Waals surface area contributed by atoms with Gasteiger partial charge in [0.15, 0.2) is 22.9 Å². The van der Waals surface area contributed by atoms with Gasteiger partial charge in [0.1, 0.15) is 5.75 Å². The van der Waals surface area contributed by atoms with Crippen LogP contribution in [0.25, 0.3) is 11.0 Å². The number of fused-ring (bicyclic) bond motifs is 1. The summed E-state index contributed by atoms with van der Waals surface area (Å²) in [5.74, 6) is -1.60. The molecule has 0 radical (unpaired) electrons. The van der Waals surface area contributed by atoms with Crippen molar-refractivity contribution in [2.24, 2.45) is 0 Å². The van der Waals surface area contributed by atoms with Gasteiger partial charge in [-0.2, -0.15) is 0 Å². The van der Waals surface area contributed by atoms with Gasteiger partial charge in [0, 0.05) is 11.1 Å². The molecule has 170 valence electrons. The van der Waals surface area contributed by atoms with Gasteiger partial charge in [-0.3, -0.25) is 14.5 Å². The molecule has 0 saturated carbocycles. The molecule has 0 aliphatic carbocycles. The van der Waals surface area contributed by atoms with E-state index in [-0.39, 0.29) is 17.1 Å². The molecule has 1 unspecified atom stereocenters. The van der Waals surface area contributed by atoms with Gasteiger partial charge in [0.25, 0.3) is 5.91 Å². The summed E-state index contributed by atoms with van der Waals surface area (Å²) in [5.41, 5.74) is 2.06. The molecule has 1 aliphatic heterocycles. The third-order valence-electron chi connectivity index (χ3n) is 5.97. The molecule has 0 bridgehead atoms. The second kappa shape index (κ2) is 8.12. The lowest BCUT2D eigenvalue weighted by Crippen LogP contribution is -2.31. The molecule has 7 heteroatoms. The van der Waals surface area contributed by atoms with Gasteiger partial charge in [0.2, 0.25) is 5.78 Å². The van der Waals surface area contributed by atoms with Crippen molar-refractivity contribution >= 4 is 28.3 Å². The van der Waals surface area contributed by atoms with Crippen LogP contribution in [0.5, 0.6) is 11.5 Å². The molecule has 5 rings (SSSR count). The molecule has 1 aromatic heterocycles. The number of hydrogen-bond donors (Lipinski definition) is 2. The fourth-order valence-electron chi connectivity index (χ4n) is 4.37. The van der Waals surface area contributed by atoms with Gasteiger partial charge in [-0.05, 0) is 48.4 Å². The number of rotatable bonds is 5. The summed E-state index contributed by atoms with van der Waals surface area (Å²) >= 11 is 0. The van der Waals surface area contributed by atoms with Crippen LogP contribution in [0.4, 0.5) is 5.69 Å². The van der Waals surface area contributed by atoms with Crippen molar-refractivity contribution < 1.29 is 29.0 Å². The average Bonchev–Trinajstić information content (AvgIpc) is 3.38. The second-order valence-corrected chi connectivity index (χ2v) is 8.04. The summed E-state index contributed by atoms with van der Waals surface area (Å²) in [5, 5.41) is 21.7. The number of aromatic hydroxyl groups is 1. The Morgan fingerprint density at radius 1 is 1.00 bits per heavy atom. The van der Waals surface area contributed by atoms with Gasteiger partial charge < -0.3 is 19.4 Å². The van der Waals surface area contributed by atoms with Crippen LogP contribution in [0.2, 0.25) is 0 Å². The number of phenolic OH excluding ortho intramolecular Hbond substituents is 1. The number of nitrogens with zero attached hydrogens (tertiary/aromatic N) is 1. The highest BCUT2D eigenvalue weighted by Gasteiger charge is 2.45. The fraction of sp³-hybridized carbons (Fsp3) is 0.111. The Morgan fingerprint density at radius 2 is 1.76 bits per heavy atom. The Balaban J connectivity index is 1.69. The summed E-state index contributed by atoms with van der Waals surface area (Å²) in [4.78, 5) is 28.4. The number of Topliss-reactive ketones (excluding diaryl/α,β-unsaturated/α-hetero) is 1. The molecule has 7 nitrogen and oxygen atoms in total. The van der Waals surface area contributed by atoms with E-state index in [9.17, 15) is 19.8 Å². The second-order valence-electron chi connectivity index (χ2n) is 8.04. The Kier molecular flexibility index (Phi) is 5.09. The van der Waals surface area contributed by atoms with Crippen molar-refractivity contribution in [3.8, 4) is 11.5 Å². The Bertz CT molecular complexity index is 1480. The lowest BCUT2D eigenvalue weighted by atomic mass is 9.94. The largest absolute Gasteiger partial charge is 0.508 e. The van der Waals surface area contributed by atoms with E-state index in [4.69, 9.17) is 9.15 Å². The van der Waals surface area contributed by atoms with Crippen molar-refractivity contribution in [2.75, 3.05) is 12.0 Å². The number of para-hydroxylation sites is 2. The van der Waals surface area contributed by atoms with Gasteiger partial charge >= 0.3 is 0 Å². The summed E-state index contributed by atoms with van der Waals surface area (Å²) in [6, 6.07) is 19.3. The highest BCUT2D eigenvalue weighted by atomic mass is 16.5. The number of aliphatic hydroxyl groups is 1. The number of aliphatic hydroxyl groups excluding tert-OH is 1. The molecule has 34 heavy (non-hydrogen) atoms. The Hall–Kier alpha value is -4.52. The summed E-state index contributed by atoms with van der Waals surface area (Å²) in [6.07, 6.45) is 0. The zero-order valence-corrected chi connectivity index (χ0v) is 18.5. The summed E-state index contributed by atoms with van der Waals surface area (Å²) < 4.78 is 11.1. The molecule has 2 N–H and O–H groups in total. The number of ketones is 1. The number of methoxy groups -OCH3 is 1. The maximum atomic E-state index is 13.7. The summed E-state index contributed by atoms with van der Waals surface area (Å²) in [7, 11) is 1.50. The molecule has 3 aromatic carbocycles. The number of hydrogen-bond acceptors (Lipinski definition) is 6. The Labute approximate surface area is 195 Å². The van der Waals surface area contributed by atoms with Gasteiger partial charge in [-0.25, -0.2) is 0 Å². The maximum Gasteiger partial charge on any atom is 0.294 e. The molecule has 0 spiro atoms. The number of anilines is 1. The van der Waals surface area contributed by atoms with Crippen molar-refractivity contribution in [3.05, 3.63) is 101 Å². The van der Waals surface area contributed by atoms with Gasteiger partial charge in [-0.1, -0.05) is 42.5 Å². The highest BCUT2D eigenvalue weighted by molar-refractivity contribution is 6.21. The van der Waals surface area contributed by atoms with Crippen molar-refractivity contribution in [2.45, 2.75) is 13.0 Å². The predicted octanol–water partition coefficient (Wildman–Crippen LogP) is 5.24. The fourth-order valence-corrected chi connectivity index (χ4v) is 4.37. The minimum absolute atomic E-state index is 0.0265. The van der Waals surface area contributed by atoms with Gasteiger partial charge in [0.05, 0.1) is 18.7 Å². The highest BCUT2D eigenvalue weighted by Crippen LogP contribution is 2.44. The normalized spacial score (nSPS) is 15.9. The minimum atomic E-state index is -0.969. The van der Waals surface area contributed by atoms with Crippen molar-refractivity contribution in [1.29, 1.82) is 0 Å². The average molecular weight is 455 g/mol.